The standard InChI is InChI=1S/C18H21N3O4/c1-25-17-5-3-2-4-15(17)11-13-20-18(22)19-12-10-14-6-8-16(9-7-14)21(23)24/h2-9H,10-13H2,1H3,(H2,19,20,22). The number of urea groups is 1. The second-order valence-electron chi connectivity index (χ2n) is 5.42. The Morgan fingerprint density at radius 1 is 1.04 bits per heavy atom. The minimum atomic E-state index is -0.433. The zero-order chi connectivity index (χ0) is 18.1. The predicted molar refractivity (Wildman–Crippen MR) is 94.9 cm³/mol. The number of para-hydroxylation sites is 1. The van der Waals surface area contributed by atoms with E-state index in [1.165, 1.54) is 12.1 Å². The summed E-state index contributed by atoms with van der Waals surface area (Å²) in [7, 11) is 1.62. The maximum Gasteiger partial charge on any atom is 0.314 e. The van der Waals surface area contributed by atoms with Crippen molar-refractivity contribution in [3.63, 3.8) is 0 Å². The highest BCUT2D eigenvalue weighted by Crippen LogP contribution is 2.17. The molecular formula is C18H21N3O4. The molecule has 25 heavy (non-hydrogen) atoms. The number of methoxy groups -OCH3 is 1. The zero-order valence-electron chi connectivity index (χ0n) is 14.0. The van der Waals surface area contributed by atoms with Crippen LogP contribution in [0.4, 0.5) is 10.5 Å². The van der Waals surface area contributed by atoms with Crippen molar-refractivity contribution >= 4 is 11.7 Å². The van der Waals surface area contributed by atoms with Crippen LogP contribution in [-0.2, 0) is 12.8 Å². The van der Waals surface area contributed by atoms with Crippen LogP contribution in [0.2, 0.25) is 0 Å². The fourth-order valence-electron chi connectivity index (χ4n) is 2.39. The Morgan fingerprint density at radius 3 is 2.32 bits per heavy atom. The van der Waals surface area contributed by atoms with Crippen molar-refractivity contribution in [3.05, 3.63) is 69.8 Å². The number of non-ortho nitro benzene ring substituents is 1. The van der Waals surface area contributed by atoms with Crippen molar-refractivity contribution < 1.29 is 14.5 Å². The third-order valence-electron chi connectivity index (χ3n) is 3.72. The number of amides is 2. The first-order valence-electron chi connectivity index (χ1n) is 7.97. The molecule has 0 aromatic heterocycles. The van der Waals surface area contributed by atoms with Crippen LogP contribution in [0.1, 0.15) is 11.1 Å². The SMILES string of the molecule is COc1ccccc1CCNC(=O)NCCc1ccc([N+](=O)[O-])cc1. The highest BCUT2D eigenvalue weighted by molar-refractivity contribution is 5.73. The number of nitro groups is 1. The highest BCUT2D eigenvalue weighted by atomic mass is 16.6. The molecule has 2 aromatic carbocycles. The number of carbonyl (C=O) groups is 1. The van der Waals surface area contributed by atoms with Crippen LogP contribution in [0, 0.1) is 10.1 Å². The lowest BCUT2D eigenvalue weighted by molar-refractivity contribution is -0.384. The zero-order valence-corrected chi connectivity index (χ0v) is 14.0. The van der Waals surface area contributed by atoms with Crippen molar-refractivity contribution in [3.8, 4) is 5.75 Å². The summed E-state index contributed by atoms with van der Waals surface area (Å²) >= 11 is 0. The van der Waals surface area contributed by atoms with Gasteiger partial charge in [0.1, 0.15) is 5.75 Å². The molecule has 0 unspecified atom stereocenters. The Morgan fingerprint density at radius 2 is 1.68 bits per heavy atom. The summed E-state index contributed by atoms with van der Waals surface area (Å²) in [5, 5.41) is 16.2. The molecule has 0 fully saturated rings. The molecule has 7 nitrogen and oxygen atoms in total. The lowest BCUT2D eigenvalue weighted by Gasteiger charge is -2.10. The largest absolute Gasteiger partial charge is 0.496 e. The molecule has 0 atom stereocenters. The van der Waals surface area contributed by atoms with Gasteiger partial charge in [-0.1, -0.05) is 30.3 Å². The van der Waals surface area contributed by atoms with E-state index < -0.39 is 4.92 Å². The monoisotopic (exact) mass is 343 g/mol. The summed E-state index contributed by atoms with van der Waals surface area (Å²) < 4.78 is 5.27. The molecule has 0 aliphatic rings. The van der Waals surface area contributed by atoms with Gasteiger partial charge in [0.2, 0.25) is 0 Å². The quantitative estimate of drug-likeness (QED) is 0.569. The van der Waals surface area contributed by atoms with E-state index >= 15 is 0 Å². The first kappa shape index (κ1) is 18.3. The molecule has 2 aromatic rings. The number of nitro benzene ring substituents is 1. The third-order valence-corrected chi connectivity index (χ3v) is 3.72. The molecule has 0 bridgehead atoms. The first-order chi connectivity index (χ1) is 12.1. The van der Waals surface area contributed by atoms with Crippen LogP contribution in [0.3, 0.4) is 0 Å². The van der Waals surface area contributed by atoms with E-state index in [-0.39, 0.29) is 11.7 Å². The number of rotatable bonds is 8. The smallest absolute Gasteiger partial charge is 0.314 e. The Labute approximate surface area is 146 Å². The molecule has 0 spiro atoms. The summed E-state index contributed by atoms with van der Waals surface area (Å²) in [5.41, 5.74) is 2.03. The van der Waals surface area contributed by atoms with Gasteiger partial charge in [-0.05, 0) is 30.0 Å². The average molecular weight is 343 g/mol. The van der Waals surface area contributed by atoms with E-state index in [0.29, 0.717) is 25.9 Å². The van der Waals surface area contributed by atoms with Gasteiger partial charge in [-0.2, -0.15) is 0 Å². The molecule has 0 aliphatic carbocycles. The van der Waals surface area contributed by atoms with E-state index in [9.17, 15) is 14.9 Å². The van der Waals surface area contributed by atoms with Gasteiger partial charge in [0.05, 0.1) is 12.0 Å². The normalized spacial score (nSPS) is 10.1. The minimum Gasteiger partial charge on any atom is -0.496 e. The van der Waals surface area contributed by atoms with Crippen LogP contribution in [0.25, 0.3) is 0 Å². The van der Waals surface area contributed by atoms with Gasteiger partial charge in [0.15, 0.2) is 0 Å². The second kappa shape index (κ2) is 9.27. The van der Waals surface area contributed by atoms with E-state index in [0.717, 1.165) is 16.9 Å². The predicted octanol–water partition coefficient (Wildman–Crippen LogP) is 2.69. The van der Waals surface area contributed by atoms with Gasteiger partial charge >= 0.3 is 6.03 Å². The van der Waals surface area contributed by atoms with Crippen molar-refractivity contribution in [2.45, 2.75) is 12.8 Å². The van der Waals surface area contributed by atoms with Crippen LogP contribution in [0.5, 0.6) is 5.75 Å². The van der Waals surface area contributed by atoms with Crippen LogP contribution in [-0.4, -0.2) is 31.2 Å². The van der Waals surface area contributed by atoms with Gasteiger partial charge in [-0.25, -0.2) is 4.79 Å². The minimum absolute atomic E-state index is 0.0609. The summed E-state index contributed by atoms with van der Waals surface area (Å²) in [5.74, 6) is 0.808. The van der Waals surface area contributed by atoms with Crippen molar-refractivity contribution in [2.75, 3.05) is 20.2 Å². The molecule has 0 saturated carbocycles. The van der Waals surface area contributed by atoms with Crippen molar-refractivity contribution in [2.24, 2.45) is 0 Å². The van der Waals surface area contributed by atoms with Gasteiger partial charge in [0, 0.05) is 25.2 Å². The Bertz CT molecular complexity index is 717. The molecule has 2 rings (SSSR count). The molecule has 7 heteroatoms. The Balaban J connectivity index is 1.68. The maximum absolute atomic E-state index is 11.8. The highest BCUT2D eigenvalue weighted by Gasteiger charge is 2.05. The summed E-state index contributed by atoms with van der Waals surface area (Å²) in [4.78, 5) is 21.9. The molecule has 2 N–H and O–H groups in total. The summed E-state index contributed by atoms with van der Waals surface area (Å²) in [6, 6.07) is 13.8. The number of carbonyl (C=O) groups excluding carboxylic acids is 1. The van der Waals surface area contributed by atoms with Crippen molar-refractivity contribution in [1.82, 2.24) is 10.6 Å². The Hall–Kier alpha value is -3.09. The number of hydrogen-bond donors (Lipinski definition) is 2. The number of ether oxygens (including phenoxy) is 1. The van der Waals surface area contributed by atoms with Crippen LogP contribution >= 0.6 is 0 Å². The third kappa shape index (κ3) is 5.80. The summed E-state index contributed by atoms with van der Waals surface area (Å²) in [6.45, 7) is 0.960. The molecule has 0 aliphatic heterocycles. The lowest BCUT2D eigenvalue weighted by atomic mass is 10.1. The van der Waals surface area contributed by atoms with Crippen LogP contribution < -0.4 is 15.4 Å². The van der Waals surface area contributed by atoms with Gasteiger partial charge in [-0.3, -0.25) is 10.1 Å². The number of hydrogen-bond acceptors (Lipinski definition) is 4. The first-order valence-corrected chi connectivity index (χ1v) is 7.97. The fraction of sp³-hybridized carbons (Fsp3) is 0.278. The molecule has 132 valence electrons. The van der Waals surface area contributed by atoms with Crippen molar-refractivity contribution in [1.29, 1.82) is 0 Å². The lowest BCUT2D eigenvalue weighted by Crippen LogP contribution is -2.37. The average Bonchev–Trinajstić information content (AvgIpc) is 2.62. The molecule has 2 amide bonds. The number of nitrogens with one attached hydrogen (secondary N) is 2. The molecule has 0 saturated heterocycles. The van der Waals surface area contributed by atoms with E-state index in [4.69, 9.17) is 4.74 Å². The van der Waals surface area contributed by atoms with E-state index in [2.05, 4.69) is 10.6 Å². The van der Waals surface area contributed by atoms with Crippen LogP contribution in [0.15, 0.2) is 48.5 Å². The van der Waals surface area contributed by atoms with Gasteiger partial charge in [-0.15, -0.1) is 0 Å². The molecule has 0 heterocycles. The van der Waals surface area contributed by atoms with E-state index in [1.54, 1.807) is 19.2 Å². The molecular weight excluding hydrogens is 322 g/mol. The maximum atomic E-state index is 11.8. The number of benzene rings is 2. The van der Waals surface area contributed by atoms with Gasteiger partial charge in [0.25, 0.3) is 5.69 Å². The van der Waals surface area contributed by atoms with Gasteiger partial charge < -0.3 is 15.4 Å². The molecule has 0 radical (unpaired) electrons. The summed E-state index contributed by atoms with van der Waals surface area (Å²) in [6.07, 6.45) is 1.29. The second-order valence-corrected chi connectivity index (χ2v) is 5.42. The number of nitrogens with zero attached hydrogens (tertiary/aromatic N) is 1. The van der Waals surface area contributed by atoms with E-state index in [1.807, 2.05) is 24.3 Å². The Kier molecular flexibility index (Phi) is 6.76. The fourth-order valence-corrected chi connectivity index (χ4v) is 2.39. The topological polar surface area (TPSA) is 93.5 Å².